The summed E-state index contributed by atoms with van der Waals surface area (Å²) in [6.07, 6.45) is 1.06. The molecule has 0 atom stereocenters. The number of rotatable bonds is 1. The van der Waals surface area contributed by atoms with Crippen LogP contribution < -0.4 is 5.73 Å². The van der Waals surface area contributed by atoms with Crippen molar-refractivity contribution in [2.75, 3.05) is 0 Å². The number of nitrogens with two attached hydrogens (primary N) is 1. The van der Waals surface area contributed by atoms with Gasteiger partial charge in [0, 0.05) is 12.1 Å². The predicted molar refractivity (Wildman–Crippen MR) is 37.1 cm³/mol. The molecule has 0 aliphatic rings. The smallest absolute Gasteiger partial charge is 0.141 e. The van der Waals surface area contributed by atoms with Crippen LogP contribution in [0, 0.1) is 5.82 Å². The number of aromatic nitrogens is 1. The highest BCUT2D eigenvalue weighted by Crippen LogP contribution is 2.11. The van der Waals surface area contributed by atoms with Crippen molar-refractivity contribution >= 4 is 11.6 Å². The molecule has 1 rings (SSSR count). The number of hydrogen-bond donors (Lipinski definition) is 1. The second kappa shape index (κ2) is 2.94. The Kier molecular flexibility index (Phi) is 2.19. The first-order valence-corrected chi connectivity index (χ1v) is 3.12. The zero-order chi connectivity index (χ0) is 7.56. The molecule has 10 heavy (non-hydrogen) atoms. The fourth-order valence-electron chi connectivity index (χ4n) is 0.608. The highest BCUT2D eigenvalue weighted by molar-refractivity contribution is 6.30. The summed E-state index contributed by atoms with van der Waals surface area (Å²) in [6, 6.07) is 1.27. The highest BCUT2D eigenvalue weighted by Gasteiger charge is 1.99. The van der Waals surface area contributed by atoms with Crippen LogP contribution >= 0.6 is 11.6 Å². The Morgan fingerprint density at radius 3 is 2.90 bits per heavy atom. The van der Waals surface area contributed by atoms with Crippen molar-refractivity contribution in [2.45, 2.75) is 6.54 Å². The first-order chi connectivity index (χ1) is 4.74. The molecular weight excluding hydrogens is 155 g/mol. The van der Waals surface area contributed by atoms with E-state index in [0.29, 0.717) is 5.56 Å². The number of hydrogen-bond acceptors (Lipinski definition) is 2. The van der Waals surface area contributed by atoms with Crippen molar-refractivity contribution < 1.29 is 4.39 Å². The molecule has 0 saturated carbocycles. The van der Waals surface area contributed by atoms with Gasteiger partial charge in [0.1, 0.15) is 11.0 Å². The molecule has 0 aliphatic heterocycles. The summed E-state index contributed by atoms with van der Waals surface area (Å²) < 4.78 is 12.4. The van der Waals surface area contributed by atoms with Gasteiger partial charge in [-0.05, 0) is 6.07 Å². The molecule has 0 aliphatic carbocycles. The lowest BCUT2D eigenvalue weighted by Crippen LogP contribution is -1.98. The molecule has 1 heterocycles. The average molecular weight is 161 g/mol. The molecule has 0 fully saturated rings. The lowest BCUT2D eigenvalue weighted by Gasteiger charge is -1.97. The van der Waals surface area contributed by atoms with Crippen LogP contribution in [0.2, 0.25) is 5.15 Å². The summed E-state index contributed by atoms with van der Waals surface area (Å²) in [6.45, 7) is 0.212. The largest absolute Gasteiger partial charge is 0.326 e. The first kappa shape index (κ1) is 7.44. The molecule has 4 heteroatoms. The molecule has 0 aromatic carbocycles. The molecule has 1 aromatic heterocycles. The van der Waals surface area contributed by atoms with Crippen molar-refractivity contribution in [1.29, 1.82) is 0 Å². The third-order valence-corrected chi connectivity index (χ3v) is 1.44. The molecular formula is C6H6ClFN2. The van der Waals surface area contributed by atoms with Gasteiger partial charge in [0.25, 0.3) is 0 Å². The molecule has 2 nitrogen and oxygen atoms in total. The second-order valence-electron chi connectivity index (χ2n) is 1.81. The maximum atomic E-state index is 12.4. The minimum Gasteiger partial charge on any atom is -0.326 e. The molecule has 0 spiro atoms. The summed E-state index contributed by atoms with van der Waals surface area (Å²) in [7, 11) is 0. The maximum Gasteiger partial charge on any atom is 0.141 e. The van der Waals surface area contributed by atoms with Crippen LogP contribution in [-0.2, 0) is 6.54 Å². The van der Waals surface area contributed by atoms with Crippen LogP contribution in [-0.4, -0.2) is 4.98 Å². The van der Waals surface area contributed by atoms with E-state index in [-0.39, 0.29) is 11.7 Å². The van der Waals surface area contributed by atoms with E-state index in [9.17, 15) is 4.39 Å². The topological polar surface area (TPSA) is 38.9 Å². The Balaban J connectivity index is 3.09. The molecule has 2 N–H and O–H groups in total. The van der Waals surface area contributed by atoms with E-state index in [1.54, 1.807) is 0 Å². The van der Waals surface area contributed by atoms with Crippen molar-refractivity contribution in [3.63, 3.8) is 0 Å². The van der Waals surface area contributed by atoms with Gasteiger partial charge >= 0.3 is 0 Å². The molecule has 0 unspecified atom stereocenters. The minimum absolute atomic E-state index is 0.212. The van der Waals surface area contributed by atoms with Gasteiger partial charge < -0.3 is 5.73 Å². The SMILES string of the molecule is NCc1cc(F)cnc1Cl. The minimum atomic E-state index is -0.412. The van der Waals surface area contributed by atoms with Gasteiger partial charge in [-0.1, -0.05) is 11.6 Å². The van der Waals surface area contributed by atoms with E-state index in [1.807, 2.05) is 0 Å². The van der Waals surface area contributed by atoms with E-state index in [2.05, 4.69) is 4.98 Å². The molecule has 0 saturated heterocycles. The summed E-state index contributed by atoms with van der Waals surface area (Å²) in [4.78, 5) is 3.56. The van der Waals surface area contributed by atoms with Gasteiger partial charge in [-0.25, -0.2) is 9.37 Å². The van der Waals surface area contributed by atoms with Gasteiger partial charge in [-0.2, -0.15) is 0 Å². The Morgan fingerprint density at radius 1 is 1.70 bits per heavy atom. The summed E-state index contributed by atoms with van der Waals surface area (Å²) in [5.74, 6) is -0.412. The normalized spacial score (nSPS) is 9.90. The summed E-state index contributed by atoms with van der Waals surface area (Å²) >= 11 is 5.54. The summed E-state index contributed by atoms with van der Waals surface area (Å²) in [5.41, 5.74) is 5.76. The fourth-order valence-corrected chi connectivity index (χ4v) is 0.788. The number of pyridine rings is 1. The Bertz CT molecular complexity index is 239. The van der Waals surface area contributed by atoms with E-state index in [0.717, 1.165) is 6.20 Å². The third kappa shape index (κ3) is 1.43. The predicted octanol–water partition coefficient (Wildman–Crippen LogP) is 1.33. The van der Waals surface area contributed by atoms with Crippen molar-refractivity contribution in [3.8, 4) is 0 Å². The van der Waals surface area contributed by atoms with Crippen LogP contribution in [0.5, 0.6) is 0 Å². The van der Waals surface area contributed by atoms with Gasteiger partial charge in [-0.3, -0.25) is 0 Å². The molecule has 54 valence electrons. The Morgan fingerprint density at radius 2 is 2.40 bits per heavy atom. The van der Waals surface area contributed by atoms with Gasteiger partial charge in [0.15, 0.2) is 0 Å². The lowest BCUT2D eigenvalue weighted by atomic mass is 10.3. The highest BCUT2D eigenvalue weighted by atomic mass is 35.5. The van der Waals surface area contributed by atoms with E-state index >= 15 is 0 Å². The van der Waals surface area contributed by atoms with Crippen LogP contribution in [0.15, 0.2) is 12.3 Å². The van der Waals surface area contributed by atoms with E-state index in [1.165, 1.54) is 6.07 Å². The molecule has 0 amide bonds. The maximum absolute atomic E-state index is 12.4. The van der Waals surface area contributed by atoms with Crippen LogP contribution in [0.4, 0.5) is 4.39 Å². The monoisotopic (exact) mass is 160 g/mol. The van der Waals surface area contributed by atoms with Crippen LogP contribution in [0.3, 0.4) is 0 Å². The molecule has 0 bridgehead atoms. The second-order valence-corrected chi connectivity index (χ2v) is 2.17. The fraction of sp³-hybridized carbons (Fsp3) is 0.167. The molecule has 1 aromatic rings. The average Bonchev–Trinajstić information content (AvgIpc) is 1.94. The first-order valence-electron chi connectivity index (χ1n) is 2.74. The van der Waals surface area contributed by atoms with Gasteiger partial charge in [0.2, 0.25) is 0 Å². The Labute approximate surface area is 62.8 Å². The zero-order valence-corrected chi connectivity index (χ0v) is 5.90. The van der Waals surface area contributed by atoms with Crippen molar-refractivity contribution in [1.82, 2.24) is 4.98 Å². The Hall–Kier alpha value is -0.670. The summed E-state index contributed by atoms with van der Waals surface area (Å²) in [5, 5.41) is 0.268. The van der Waals surface area contributed by atoms with Crippen LogP contribution in [0.25, 0.3) is 0 Å². The van der Waals surface area contributed by atoms with E-state index in [4.69, 9.17) is 17.3 Å². The van der Waals surface area contributed by atoms with Crippen molar-refractivity contribution in [3.05, 3.63) is 28.8 Å². The van der Waals surface area contributed by atoms with Gasteiger partial charge in [-0.15, -0.1) is 0 Å². The molecule has 0 radical (unpaired) electrons. The van der Waals surface area contributed by atoms with Crippen LogP contribution in [0.1, 0.15) is 5.56 Å². The number of nitrogens with zero attached hydrogens (tertiary/aromatic N) is 1. The van der Waals surface area contributed by atoms with Gasteiger partial charge in [0.05, 0.1) is 6.20 Å². The quantitative estimate of drug-likeness (QED) is 0.630. The number of halogens is 2. The lowest BCUT2D eigenvalue weighted by molar-refractivity contribution is 0.618. The van der Waals surface area contributed by atoms with E-state index < -0.39 is 5.82 Å². The third-order valence-electron chi connectivity index (χ3n) is 1.10. The van der Waals surface area contributed by atoms with Crippen molar-refractivity contribution in [2.24, 2.45) is 5.73 Å². The zero-order valence-electron chi connectivity index (χ0n) is 5.14. The standard InChI is InChI=1S/C6H6ClFN2/c7-6-4(2-9)1-5(8)3-10-6/h1,3H,2,9H2.